The molecule has 0 fully saturated rings. The number of hydrogen-bond acceptors (Lipinski definition) is 3. The molecule has 0 saturated heterocycles. The first-order chi connectivity index (χ1) is 5.43. The molecule has 0 aromatic heterocycles. The maximum atomic E-state index is 11.0. The van der Waals surface area contributed by atoms with Gasteiger partial charge in [-0.3, -0.25) is 5.01 Å². The predicted molar refractivity (Wildman–Crippen MR) is 45.9 cm³/mol. The van der Waals surface area contributed by atoms with E-state index < -0.39 is 10.2 Å². The van der Waals surface area contributed by atoms with E-state index in [9.17, 15) is 8.42 Å². The third-order valence-electron chi connectivity index (χ3n) is 1.60. The van der Waals surface area contributed by atoms with Crippen molar-refractivity contribution in [1.82, 2.24) is 9.42 Å². The summed E-state index contributed by atoms with van der Waals surface area (Å²) in [5, 5.41) is 6.58. The van der Waals surface area contributed by atoms with Crippen LogP contribution in [0, 0.1) is 0 Å². The van der Waals surface area contributed by atoms with Crippen molar-refractivity contribution < 1.29 is 8.42 Å². The Labute approximate surface area is 72.6 Å². The van der Waals surface area contributed by atoms with Crippen LogP contribution in [0.5, 0.6) is 0 Å². The molecule has 2 N–H and O–H groups in total. The van der Waals surface area contributed by atoms with Crippen molar-refractivity contribution in [2.45, 2.75) is 19.9 Å². The molecular formula is C6H13N3O2S. The van der Waals surface area contributed by atoms with Gasteiger partial charge in [-0.05, 0) is 19.9 Å². The Balaban J connectivity index is 2.83. The van der Waals surface area contributed by atoms with Crippen molar-refractivity contribution >= 4 is 10.2 Å². The average Bonchev–Trinajstić information content (AvgIpc) is 2.30. The SMILES string of the molecule is CC(C)N1C=CCN1S(N)(=O)=O. The van der Waals surface area contributed by atoms with Gasteiger partial charge in [0.1, 0.15) is 0 Å². The summed E-state index contributed by atoms with van der Waals surface area (Å²) in [5.41, 5.74) is 0. The first-order valence-electron chi connectivity index (χ1n) is 3.68. The van der Waals surface area contributed by atoms with Crippen molar-refractivity contribution in [3.8, 4) is 0 Å². The van der Waals surface area contributed by atoms with Gasteiger partial charge >= 0.3 is 0 Å². The van der Waals surface area contributed by atoms with E-state index in [2.05, 4.69) is 0 Å². The summed E-state index contributed by atoms with van der Waals surface area (Å²) in [6.45, 7) is 4.12. The van der Waals surface area contributed by atoms with Crippen molar-refractivity contribution in [3.63, 3.8) is 0 Å². The molecule has 0 bridgehead atoms. The van der Waals surface area contributed by atoms with Crippen LogP contribution in [0.15, 0.2) is 12.3 Å². The zero-order valence-corrected chi connectivity index (χ0v) is 7.95. The lowest BCUT2D eigenvalue weighted by Gasteiger charge is -2.29. The fourth-order valence-electron chi connectivity index (χ4n) is 1.08. The summed E-state index contributed by atoms with van der Waals surface area (Å²) in [5.74, 6) is 0. The lowest BCUT2D eigenvalue weighted by molar-refractivity contribution is 0.115. The van der Waals surface area contributed by atoms with Crippen molar-refractivity contribution in [3.05, 3.63) is 12.3 Å². The van der Waals surface area contributed by atoms with Crippen LogP contribution in [0.1, 0.15) is 13.8 Å². The van der Waals surface area contributed by atoms with E-state index in [1.54, 1.807) is 17.3 Å². The van der Waals surface area contributed by atoms with Gasteiger partial charge in [-0.2, -0.15) is 8.42 Å². The highest BCUT2D eigenvalue weighted by atomic mass is 32.2. The molecule has 0 aromatic rings. The number of nitrogens with zero attached hydrogens (tertiary/aromatic N) is 2. The maximum Gasteiger partial charge on any atom is 0.294 e. The lowest BCUT2D eigenvalue weighted by Crippen LogP contribution is -2.46. The van der Waals surface area contributed by atoms with E-state index in [4.69, 9.17) is 5.14 Å². The predicted octanol–water partition coefficient (Wildman–Crippen LogP) is -0.355. The second kappa shape index (κ2) is 3.04. The van der Waals surface area contributed by atoms with Gasteiger partial charge in [0.2, 0.25) is 0 Å². The molecule has 1 aliphatic rings. The van der Waals surface area contributed by atoms with Crippen molar-refractivity contribution in [2.75, 3.05) is 6.54 Å². The quantitative estimate of drug-likeness (QED) is 0.648. The Morgan fingerprint density at radius 2 is 2.08 bits per heavy atom. The summed E-state index contributed by atoms with van der Waals surface area (Å²) >= 11 is 0. The largest absolute Gasteiger partial charge is 0.296 e. The van der Waals surface area contributed by atoms with E-state index in [-0.39, 0.29) is 6.04 Å². The normalized spacial score (nSPS) is 19.5. The van der Waals surface area contributed by atoms with Gasteiger partial charge in [-0.15, -0.1) is 0 Å². The van der Waals surface area contributed by atoms with E-state index in [0.29, 0.717) is 6.54 Å². The first kappa shape index (κ1) is 9.50. The van der Waals surface area contributed by atoms with Gasteiger partial charge in [-0.1, -0.05) is 4.41 Å². The molecule has 0 aliphatic carbocycles. The van der Waals surface area contributed by atoms with E-state index in [0.717, 1.165) is 4.41 Å². The highest BCUT2D eigenvalue weighted by Gasteiger charge is 2.26. The molecule has 1 rings (SSSR count). The molecule has 0 unspecified atom stereocenters. The van der Waals surface area contributed by atoms with Crippen LogP contribution in [-0.2, 0) is 10.2 Å². The van der Waals surface area contributed by atoms with Gasteiger partial charge in [0.25, 0.3) is 10.2 Å². The molecule has 70 valence electrons. The van der Waals surface area contributed by atoms with Crippen LogP contribution < -0.4 is 5.14 Å². The van der Waals surface area contributed by atoms with Crippen molar-refractivity contribution in [1.29, 1.82) is 0 Å². The Morgan fingerprint density at radius 3 is 2.42 bits per heavy atom. The smallest absolute Gasteiger partial charge is 0.294 e. The van der Waals surface area contributed by atoms with Crippen LogP contribution in [0.4, 0.5) is 0 Å². The molecular weight excluding hydrogens is 178 g/mol. The first-order valence-corrected chi connectivity index (χ1v) is 5.18. The molecule has 5 nitrogen and oxygen atoms in total. The van der Waals surface area contributed by atoms with E-state index >= 15 is 0 Å². The van der Waals surface area contributed by atoms with Crippen LogP contribution in [0.3, 0.4) is 0 Å². The molecule has 1 aliphatic heterocycles. The standard InChI is InChI=1S/C6H13N3O2S/c1-6(2)8-4-3-5-9(8)12(7,10)11/h3-4,6H,5H2,1-2H3,(H2,7,10,11). The summed E-state index contributed by atoms with van der Waals surface area (Å²) in [6.07, 6.45) is 3.47. The maximum absolute atomic E-state index is 11.0. The molecule has 12 heavy (non-hydrogen) atoms. The second-order valence-electron chi connectivity index (χ2n) is 2.91. The van der Waals surface area contributed by atoms with Crippen LogP contribution in [0.2, 0.25) is 0 Å². The van der Waals surface area contributed by atoms with E-state index in [1.165, 1.54) is 0 Å². The number of hydrazine groups is 1. The fourth-order valence-corrected chi connectivity index (χ4v) is 1.88. The second-order valence-corrected chi connectivity index (χ2v) is 4.36. The summed E-state index contributed by atoms with van der Waals surface area (Å²) in [6, 6.07) is 0.0991. The zero-order valence-electron chi connectivity index (χ0n) is 7.14. The topological polar surface area (TPSA) is 66.6 Å². The third kappa shape index (κ3) is 1.77. The highest BCUT2D eigenvalue weighted by molar-refractivity contribution is 7.86. The molecule has 0 saturated carbocycles. The van der Waals surface area contributed by atoms with Crippen LogP contribution >= 0.6 is 0 Å². The van der Waals surface area contributed by atoms with Gasteiger partial charge in [-0.25, -0.2) is 5.14 Å². The van der Waals surface area contributed by atoms with Gasteiger partial charge < -0.3 is 0 Å². The Morgan fingerprint density at radius 1 is 1.50 bits per heavy atom. The van der Waals surface area contributed by atoms with E-state index in [1.807, 2.05) is 13.8 Å². The van der Waals surface area contributed by atoms with Gasteiger partial charge in [0.05, 0.1) is 6.54 Å². The highest BCUT2D eigenvalue weighted by Crippen LogP contribution is 2.13. The van der Waals surface area contributed by atoms with Crippen LogP contribution in [-0.4, -0.2) is 30.4 Å². The minimum atomic E-state index is -3.60. The molecule has 0 amide bonds. The third-order valence-corrected chi connectivity index (χ3v) is 2.53. The minimum Gasteiger partial charge on any atom is -0.296 e. The average molecular weight is 191 g/mol. The number of nitrogens with two attached hydrogens (primary N) is 1. The Bertz CT molecular complexity index is 283. The summed E-state index contributed by atoms with van der Waals surface area (Å²) in [7, 11) is -3.60. The summed E-state index contributed by atoms with van der Waals surface area (Å²) < 4.78 is 23.1. The molecule has 1 heterocycles. The van der Waals surface area contributed by atoms with Crippen LogP contribution in [0.25, 0.3) is 0 Å². The zero-order chi connectivity index (χ0) is 9.35. The molecule has 0 aromatic carbocycles. The molecule has 0 radical (unpaired) electrons. The number of hydrogen-bond donors (Lipinski definition) is 1. The molecule has 0 atom stereocenters. The van der Waals surface area contributed by atoms with Gasteiger partial charge in [0, 0.05) is 12.2 Å². The minimum absolute atomic E-state index is 0.0991. The Hall–Kier alpha value is -0.590. The fraction of sp³-hybridized carbons (Fsp3) is 0.667. The number of rotatable bonds is 2. The summed E-state index contributed by atoms with van der Waals surface area (Å²) in [4.78, 5) is 0. The van der Waals surface area contributed by atoms with Gasteiger partial charge in [0.15, 0.2) is 0 Å². The lowest BCUT2D eigenvalue weighted by atomic mass is 10.4. The molecule has 0 spiro atoms. The Kier molecular flexibility index (Phi) is 2.41. The monoisotopic (exact) mass is 191 g/mol. The molecule has 6 heteroatoms. The van der Waals surface area contributed by atoms with Crippen molar-refractivity contribution in [2.24, 2.45) is 5.14 Å².